The minimum atomic E-state index is -0.443. The van der Waals surface area contributed by atoms with Gasteiger partial charge in [0.1, 0.15) is 0 Å². The topological polar surface area (TPSA) is 37.3 Å². The molecule has 2 nitrogen and oxygen atoms in total. The van der Waals surface area contributed by atoms with Crippen molar-refractivity contribution in [3.05, 3.63) is 54.1 Å². The highest BCUT2D eigenvalue weighted by molar-refractivity contribution is 5.96. The first-order valence-corrected chi connectivity index (χ1v) is 16.8. The fourth-order valence-corrected chi connectivity index (χ4v) is 12.7. The smallest absolute Gasteiger partial charge is 0.159 e. The Morgan fingerprint density at radius 2 is 1.59 bits per heavy atom. The fraction of sp³-hybridized carbons (Fsp3) is 0.718. The van der Waals surface area contributed by atoms with E-state index >= 15 is 0 Å². The predicted molar refractivity (Wildman–Crippen MR) is 170 cm³/mol. The molecule has 5 aliphatic carbocycles. The van der Waals surface area contributed by atoms with E-state index in [9.17, 15) is 9.90 Å². The molecule has 2 heteroatoms. The summed E-state index contributed by atoms with van der Waals surface area (Å²) in [7, 11) is 0. The van der Waals surface area contributed by atoms with Gasteiger partial charge in [-0.1, -0.05) is 90.1 Å². The van der Waals surface area contributed by atoms with Crippen molar-refractivity contribution in [1.29, 1.82) is 0 Å². The Morgan fingerprint density at radius 1 is 0.878 bits per heavy atom. The number of allylic oxidation sites excluding steroid dienone is 2. The van der Waals surface area contributed by atoms with E-state index in [1.54, 1.807) is 0 Å². The Bertz CT molecular complexity index is 1230. The maximum Gasteiger partial charge on any atom is 0.159 e. The molecule has 224 valence electrons. The second kappa shape index (κ2) is 9.67. The quantitative estimate of drug-likeness (QED) is 0.296. The molecule has 0 spiro atoms. The van der Waals surface area contributed by atoms with Crippen molar-refractivity contribution in [2.24, 2.45) is 62.6 Å². The average molecular weight is 557 g/mol. The number of carbonyl (C=O) groups excluding carboxylic acids is 1. The summed E-state index contributed by atoms with van der Waals surface area (Å²) in [6, 6.07) is 10.2. The first-order valence-electron chi connectivity index (χ1n) is 16.8. The van der Waals surface area contributed by atoms with Crippen LogP contribution in [-0.4, -0.2) is 17.0 Å². The summed E-state index contributed by atoms with van der Waals surface area (Å²) in [6.45, 7) is 21.8. The molecule has 11 atom stereocenters. The van der Waals surface area contributed by atoms with Crippen molar-refractivity contribution < 1.29 is 9.90 Å². The number of ketones is 1. The van der Waals surface area contributed by atoms with Crippen LogP contribution in [-0.2, 0) is 4.79 Å². The van der Waals surface area contributed by atoms with Crippen molar-refractivity contribution in [3.8, 4) is 0 Å². The molecule has 0 amide bonds. The Morgan fingerprint density at radius 3 is 2.27 bits per heavy atom. The summed E-state index contributed by atoms with van der Waals surface area (Å²) < 4.78 is 0. The van der Waals surface area contributed by atoms with Gasteiger partial charge in [-0.3, -0.25) is 4.79 Å². The molecule has 0 radical (unpaired) electrons. The molecule has 0 aromatic heterocycles. The zero-order valence-electron chi connectivity index (χ0n) is 27.0. The van der Waals surface area contributed by atoms with Gasteiger partial charge >= 0.3 is 0 Å². The van der Waals surface area contributed by atoms with Crippen LogP contribution in [0.1, 0.15) is 112 Å². The summed E-state index contributed by atoms with van der Waals surface area (Å²) in [5.41, 5.74) is 3.10. The molecule has 41 heavy (non-hydrogen) atoms. The summed E-state index contributed by atoms with van der Waals surface area (Å²) >= 11 is 0. The highest BCUT2D eigenvalue weighted by atomic mass is 16.3. The van der Waals surface area contributed by atoms with Crippen molar-refractivity contribution in [1.82, 2.24) is 0 Å². The molecule has 5 fully saturated rings. The van der Waals surface area contributed by atoms with Crippen LogP contribution in [0.4, 0.5) is 0 Å². The van der Waals surface area contributed by atoms with Gasteiger partial charge in [-0.2, -0.15) is 0 Å². The van der Waals surface area contributed by atoms with Crippen LogP contribution in [0, 0.1) is 62.6 Å². The van der Waals surface area contributed by atoms with E-state index in [1.165, 1.54) is 50.5 Å². The molecule has 1 N–H and O–H groups in total. The molecule has 5 saturated carbocycles. The van der Waals surface area contributed by atoms with Crippen molar-refractivity contribution in [3.63, 3.8) is 0 Å². The van der Waals surface area contributed by atoms with Gasteiger partial charge in [-0.05, 0) is 133 Å². The number of hydrogen-bond donors (Lipinski definition) is 1. The molecule has 0 heterocycles. The molecular formula is C39H56O2. The molecule has 6 rings (SSSR count). The largest absolute Gasteiger partial charge is 0.393 e. The lowest BCUT2D eigenvalue weighted by molar-refractivity contribution is -0.259. The first-order chi connectivity index (χ1) is 19.2. The molecule has 0 saturated heterocycles. The van der Waals surface area contributed by atoms with E-state index < -0.39 is 6.10 Å². The van der Waals surface area contributed by atoms with Crippen LogP contribution < -0.4 is 0 Å². The minimum Gasteiger partial charge on any atom is -0.393 e. The van der Waals surface area contributed by atoms with Gasteiger partial charge in [0.15, 0.2) is 5.78 Å². The fourth-order valence-electron chi connectivity index (χ4n) is 12.7. The van der Waals surface area contributed by atoms with Gasteiger partial charge in [-0.15, -0.1) is 0 Å². The summed E-state index contributed by atoms with van der Waals surface area (Å²) in [4.78, 5) is 14.2. The summed E-state index contributed by atoms with van der Waals surface area (Å²) in [5.74, 6) is 3.08. The number of hydrogen-bond acceptors (Lipinski definition) is 2. The molecule has 0 bridgehead atoms. The zero-order valence-corrected chi connectivity index (χ0v) is 27.0. The highest BCUT2D eigenvalue weighted by Crippen LogP contribution is 2.78. The summed E-state index contributed by atoms with van der Waals surface area (Å²) in [6.07, 6.45) is 14.2. The lowest BCUT2D eigenvalue weighted by atomic mass is 9.31. The first kappa shape index (κ1) is 29.4. The molecule has 1 aromatic rings. The third-order valence-electron chi connectivity index (χ3n) is 15.2. The van der Waals surface area contributed by atoms with E-state index in [4.69, 9.17) is 0 Å². The number of aliphatic hydroxyl groups excluding tert-OH is 1. The molecule has 0 aliphatic heterocycles. The number of benzene rings is 1. The molecular weight excluding hydrogens is 500 g/mol. The van der Waals surface area contributed by atoms with Crippen LogP contribution >= 0.6 is 0 Å². The van der Waals surface area contributed by atoms with Crippen LogP contribution in [0.25, 0.3) is 6.08 Å². The Kier molecular flexibility index (Phi) is 6.93. The van der Waals surface area contributed by atoms with Crippen LogP contribution in [0.2, 0.25) is 0 Å². The zero-order chi connectivity index (χ0) is 29.6. The Labute approximate surface area is 250 Å². The third-order valence-corrected chi connectivity index (χ3v) is 15.2. The van der Waals surface area contributed by atoms with E-state index in [1.807, 2.05) is 30.4 Å². The monoisotopic (exact) mass is 556 g/mol. The number of aliphatic hydroxyl groups is 1. The maximum atomic E-state index is 14.2. The van der Waals surface area contributed by atoms with Crippen molar-refractivity contribution in [2.75, 3.05) is 0 Å². The van der Waals surface area contributed by atoms with Gasteiger partial charge in [0, 0.05) is 5.92 Å². The normalized spacial score (nSPS) is 48.5. The van der Waals surface area contributed by atoms with Crippen LogP contribution in [0.15, 0.2) is 48.6 Å². The van der Waals surface area contributed by atoms with Crippen molar-refractivity contribution in [2.45, 2.75) is 112 Å². The second-order valence-electron chi connectivity index (χ2n) is 17.0. The van der Waals surface area contributed by atoms with Gasteiger partial charge in [0.25, 0.3) is 0 Å². The van der Waals surface area contributed by atoms with E-state index in [0.29, 0.717) is 29.6 Å². The second-order valence-corrected chi connectivity index (χ2v) is 17.0. The third kappa shape index (κ3) is 4.01. The predicted octanol–water partition coefficient (Wildman–Crippen LogP) is 9.53. The summed E-state index contributed by atoms with van der Waals surface area (Å²) in [5, 5.41) is 11.5. The van der Waals surface area contributed by atoms with Crippen molar-refractivity contribution >= 4 is 11.9 Å². The lowest BCUT2D eigenvalue weighted by Crippen LogP contribution is -2.69. The van der Waals surface area contributed by atoms with E-state index in [2.05, 4.69) is 67.2 Å². The van der Waals surface area contributed by atoms with Gasteiger partial charge in [-0.25, -0.2) is 0 Å². The number of rotatable bonds is 4. The Balaban J connectivity index is 1.40. The van der Waals surface area contributed by atoms with E-state index in [-0.39, 0.29) is 33.4 Å². The molecule has 5 aliphatic rings. The molecule has 1 aromatic carbocycles. The Hall–Kier alpha value is -1.67. The van der Waals surface area contributed by atoms with Gasteiger partial charge in [0.2, 0.25) is 0 Å². The SMILES string of the molecule is C=C(C)[C@@H]1CC[C@]2(C)CC[C@]3(C)[C@H](CC[C@@H]4[C@@]5(C)C(C(=O)/C=C/c6ccccc6)C[C@H](O)C(C)(C)[C@@H]5CC[C@]43C)[C@@H]12. The van der Waals surface area contributed by atoms with Gasteiger partial charge in [0.05, 0.1) is 6.10 Å². The minimum absolute atomic E-state index is 0.119. The lowest BCUT2D eigenvalue weighted by Gasteiger charge is -2.73. The van der Waals surface area contributed by atoms with Crippen LogP contribution in [0.3, 0.4) is 0 Å². The number of fused-ring (bicyclic) bond motifs is 7. The highest BCUT2D eigenvalue weighted by Gasteiger charge is 2.72. The number of carbonyl (C=O) groups is 1. The van der Waals surface area contributed by atoms with Gasteiger partial charge < -0.3 is 5.11 Å². The van der Waals surface area contributed by atoms with Crippen LogP contribution in [0.5, 0.6) is 0 Å². The standard InChI is InChI=1S/C39H56O2/c1-25(2)27-18-20-36(5)22-23-37(6)28(34(27)36)15-17-32-38(37,7)21-19-31-35(3,4)33(41)24-29(39(31,32)8)30(40)16-14-26-12-10-9-11-13-26/h9-14,16,27-29,31-34,41H,1,15,17-24H2,2-8H3/b16-14+/t27-,28+,29?,31-,32-,33-,34+,36+,37+,38+,39-/m0/s1. The van der Waals surface area contributed by atoms with E-state index in [0.717, 1.165) is 23.8 Å². The average Bonchev–Trinajstić information content (AvgIpc) is 3.28. The molecule has 1 unspecified atom stereocenters. The maximum absolute atomic E-state index is 14.2.